The minimum absolute atomic E-state index is 0.0106. The fourth-order valence-electron chi connectivity index (χ4n) is 1.70. The SMILES string of the molecule is CC(NC(=O)CSCc1ccccc1)c1cn[nH]c1. The highest BCUT2D eigenvalue weighted by Crippen LogP contribution is 2.13. The van der Waals surface area contributed by atoms with Crippen molar-refractivity contribution in [2.45, 2.75) is 18.7 Å². The van der Waals surface area contributed by atoms with Crippen LogP contribution < -0.4 is 5.32 Å². The van der Waals surface area contributed by atoms with Crippen LogP contribution >= 0.6 is 11.8 Å². The number of rotatable bonds is 6. The molecule has 2 aromatic rings. The lowest BCUT2D eigenvalue weighted by atomic mass is 10.2. The average molecular weight is 275 g/mol. The van der Waals surface area contributed by atoms with E-state index in [1.165, 1.54) is 5.56 Å². The van der Waals surface area contributed by atoms with Crippen molar-refractivity contribution < 1.29 is 4.79 Å². The van der Waals surface area contributed by atoms with E-state index in [2.05, 4.69) is 27.6 Å². The number of aromatic nitrogens is 2. The van der Waals surface area contributed by atoms with Crippen LogP contribution in [0.3, 0.4) is 0 Å². The number of nitrogens with one attached hydrogen (secondary N) is 2. The highest BCUT2D eigenvalue weighted by molar-refractivity contribution is 7.99. The predicted molar refractivity (Wildman–Crippen MR) is 77.7 cm³/mol. The molecule has 19 heavy (non-hydrogen) atoms. The minimum Gasteiger partial charge on any atom is -0.349 e. The van der Waals surface area contributed by atoms with E-state index in [1.807, 2.05) is 25.1 Å². The Morgan fingerprint density at radius 3 is 2.89 bits per heavy atom. The molecular formula is C14H17N3OS. The topological polar surface area (TPSA) is 57.8 Å². The first-order chi connectivity index (χ1) is 9.25. The fourth-order valence-corrected chi connectivity index (χ4v) is 2.50. The molecule has 0 saturated heterocycles. The largest absolute Gasteiger partial charge is 0.349 e. The molecule has 1 unspecified atom stereocenters. The molecule has 1 heterocycles. The first-order valence-corrected chi connectivity index (χ1v) is 7.31. The van der Waals surface area contributed by atoms with Crippen LogP contribution in [-0.4, -0.2) is 21.9 Å². The first-order valence-electron chi connectivity index (χ1n) is 6.15. The Labute approximate surface area is 117 Å². The molecule has 2 N–H and O–H groups in total. The third kappa shape index (κ3) is 4.44. The van der Waals surface area contributed by atoms with Gasteiger partial charge in [-0.15, -0.1) is 11.8 Å². The van der Waals surface area contributed by atoms with Crippen molar-refractivity contribution in [2.75, 3.05) is 5.75 Å². The number of carbonyl (C=O) groups is 1. The molecule has 2 rings (SSSR count). The number of benzene rings is 1. The van der Waals surface area contributed by atoms with Crippen LogP contribution in [0.25, 0.3) is 0 Å². The molecule has 1 atom stereocenters. The molecule has 1 amide bonds. The van der Waals surface area contributed by atoms with E-state index in [4.69, 9.17) is 0 Å². The quantitative estimate of drug-likeness (QED) is 0.851. The maximum atomic E-state index is 11.8. The van der Waals surface area contributed by atoms with Gasteiger partial charge in [-0.3, -0.25) is 9.89 Å². The summed E-state index contributed by atoms with van der Waals surface area (Å²) in [5.74, 6) is 1.38. The Hall–Kier alpha value is -1.75. The number of carbonyl (C=O) groups excluding carboxylic acids is 1. The van der Waals surface area contributed by atoms with Crippen LogP contribution in [-0.2, 0) is 10.5 Å². The molecule has 0 radical (unpaired) electrons. The van der Waals surface area contributed by atoms with E-state index in [0.717, 1.165) is 11.3 Å². The fraction of sp³-hybridized carbons (Fsp3) is 0.286. The molecule has 1 aromatic carbocycles. The zero-order valence-corrected chi connectivity index (χ0v) is 11.6. The highest BCUT2D eigenvalue weighted by Gasteiger charge is 2.10. The maximum Gasteiger partial charge on any atom is 0.230 e. The highest BCUT2D eigenvalue weighted by atomic mass is 32.2. The average Bonchev–Trinajstić information content (AvgIpc) is 2.94. The number of H-pyrrole nitrogens is 1. The molecule has 1 aromatic heterocycles. The van der Waals surface area contributed by atoms with Gasteiger partial charge in [0.25, 0.3) is 0 Å². The van der Waals surface area contributed by atoms with Gasteiger partial charge in [0.2, 0.25) is 5.91 Å². The smallest absolute Gasteiger partial charge is 0.230 e. The number of nitrogens with zero attached hydrogens (tertiary/aromatic N) is 1. The summed E-state index contributed by atoms with van der Waals surface area (Å²) in [4.78, 5) is 11.8. The van der Waals surface area contributed by atoms with E-state index < -0.39 is 0 Å². The van der Waals surface area contributed by atoms with Crippen LogP contribution in [0.1, 0.15) is 24.1 Å². The summed E-state index contributed by atoms with van der Waals surface area (Å²) in [6.07, 6.45) is 3.52. The molecule has 0 spiro atoms. The van der Waals surface area contributed by atoms with E-state index in [-0.39, 0.29) is 11.9 Å². The number of aromatic amines is 1. The Balaban J connectivity index is 1.70. The molecule has 0 aliphatic rings. The van der Waals surface area contributed by atoms with Gasteiger partial charge in [0.1, 0.15) is 0 Å². The van der Waals surface area contributed by atoms with E-state index >= 15 is 0 Å². The van der Waals surface area contributed by atoms with E-state index in [0.29, 0.717) is 5.75 Å². The summed E-state index contributed by atoms with van der Waals surface area (Å²) in [6.45, 7) is 1.95. The van der Waals surface area contributed by atoms with Crippen molar-refractivity contribution in [1.82, 2.24) is 15.5 Å². The van der Waals surface area contributed by atoms with Gasteiger partial charge < -0.3 is 5.32 Å². The first kappa shape index (κ1) is 13.7. The van der Waals surface area contributed by atoms with Crippen LogP contribution in [0.5, 0.6) is 0 Å². The molecule has 100 valence electrons. The second-order valence-electron chi connectivity index (χ2n) is 4.30. The maximum absolute atomic E-state index is 11.8. The van der Waals surface area contributed by atoms with Gasteiger partial charge in [-0.1, -0.05) is 30.3 Å². The van der Waals surface area contributed by atoms with Crippen molar-refractivity contribution in [3.8, 4) is 0 Å². The van der Waals surface area contributed by atoms with Gasteiger partial charge in [0, 0.05) is 17.5 Å². The van der Waals surface area contributed by atoms with E-state index in [9.17, 15) is 4.79 Å². The van der Waals surface area contributed by atoms with Gasteiger partial charge in [-0.2, -0.15) is 5.10 Å². The second-order valence-corrected chi connectivity index (χ2v) is 5.28. The molecule has 0 aliphatic carbocycles. The molecule has 4 nitrogen and oxygen atoms in total. The monoisotopic (exact) mass is 275 g/mol. The number of hydrogen-bond donors (Lipinski definition) is 2. The second kappa shape index (κ2) is 6.99. The number of hydrogen-bond acceptors (Lipinski definition) is 3. The summed E-state index contributed by atoms with van der Waals surface area (Å²) in [6, 6.07) is 10.1. The molecule has 0 saturated carbocycles. The standard InChI is InChI=1S/C14H17N3OS/c1-11(13-7-15-16-8-13)17-14(18)10-19-9-12-5-3-2-4-6-12/h2-8,11H,9-10H2,1H3,(H,15,16)(H,17,18). The Morgan fingerprint density at radius 2 is 2.21 bits per heavy atom. The molecule has 0 bridgehead atoms. The third-order valence-electron chi connectivity index (χ3n) is 2.74. The Kier molecular flexibility index (Phi) is 5.03. The zero-order valence-electron chi connectivity index (χ0n) is 10.8. The molecule has 5 heteroatoms. The zero-order chi connectivity index (χ0) is 13.5. The lowest BCUT2D eigenvalue weighted by molar-refractivity contribution is -0.119. The lowest BCUT2D eigenvalue weighted by Gasteiger charge is -2.11. The molecule has 0 fully saturated rings. The van der Waals surface area contributed by atoms with Crippen molar-refractivity contribution in [3.05, 3.63) is 53.9 Å². The van der Waals surface area contributed by atoms with Crippen LogP contribution in [0.15, 0.2) is 42.7 Å². The van der Waals surface area contributed by atoms with Gasteiger partial charge >= 0.3 is 0 Å². The van der Waals surface area contributed by atoms with Crippen molar-refractivity contribution in [3.63, 3.8) is 0 Å². The molecule has 0 aliphatic heterocycles. The van der Waals surface area contributed by atoms with Crippen LogP contribution in [0.2, 0.25) is 0 Å². The summed E-state index contributed by atoms with van der Waals surface area (Å²) in [5.41, 5.74) is 2.23. The molecular weight excluding hydrogens is 258 g/mol. The number of amides is 1. The predicted octanol–water partition coefficient (Wildman–Crippen LogP) is 2.52. The van der Waals surface area contributed by atoms with Crippen LogP contribution in [0, 0.1) is 0 Å². The summed E-state index contributed by atoms with van der Waals surface area (Å²) in [7, 11) is 0. The lowest BCUT2D eigenvalue weighted by Crippen LogP contribution is -2.28. The number of thioether (sulfide) groups is 1. The summed E-state index contributed by atoms with van der Waals surface area (Å²) < 4.78 is 0. The Morgan fingerprint density at radius 1 is 1.42 bits per heavy atom. The third-order valence-corrected chi connectivity index (χ3v) is 3.75. The van der Waals surface area contributed by atoms with E-state index in [1.54, 1.807) is 24.2 Å². The van der Waals surface area contributed by atoms with Gasteiger partial charge in [-0.05, 0) is 12.5 Å². The minimum atomic E-state index is -0.0106. The van der Waals surface area contributed by atoms with Crippen molar-refractivity contribution >= 4 is 17.7 Å². The summed E-state index contributed by atoms with van der Waals surface area (Å²) in [5, 5.41) is 9.56. The summed E-state index contributed by atoms with van der Waals surface area (Å²) >= 11 is 1.62. The van der Waals surface area contributed by atoms with Gasteiger partial charge in [0.05, 0.1) is 18.0 Å². The normalized spacial score (nSPS) is 12.1. The Bertz CT molecular complexity index is 499. The van der Waals surface area contributed by atoms with Crippen molar-refractivity contribution in [1.29, 1.82) is 0 Å². The van der Waals surface area contributed by atoms with Crippen molar-refractivity contribution in [2.24, 2.45) is 0 Å². The van der Waals surface area contributed by atoms with Crippen LogP contribution in [0.4, 0.5) is 0 Å². The van der Waals surface area contributed by atoms with Gasteiger partial charge in [-0.25, -0.2) is 0 Å². The van der Waals surface area contributed by atoms with Gasteiger partial charge in [0.15, 0.2) is 0 Å².